The van der Waals surface area contributed by atoms with Crippen molar-refractivity contribution in [2.24, 2.45) is 0 Å². The number of methoxy groups -OCH3 is 2. The molecular formula is C21H26N4O5S. The number of carbonyl (C=O) groups excluding carboxylic acids is 2. The van der Waals surface area contributed by atoms with E-state index in [-0.39, 0.29) is 18.3 Å². The summed E-state index contributed by atoms with van der Waals surface area (Å²) in [4.78, 5) is 28.9. The molecule has 9 nitrogen and oxygen atoms in total. The minimum atomic E-state index is -0.517. The molecule has 3 rings (SSSR count). The van der Waals surface area contributed by atoms with Crippen LogP contribution in [0, 0.1) is 0 Å². The number of benzene rings is 1. The highest BCUT2D eigenvalue weighted by Crippen LogP contribution is 2.36. The molecule has 0 saturated carbocycles. The first kappa shape index (κ1) is 22.8. The first-order valence-corrected chi connectivity index (χ1v) is 10.9. The lowest BCUT2D eigenvalue weighted by atomic mass is 9.95. The third-order valence-corrected chi connectivity index (χ3v) is 5.64. The van der Waals surface area contributed by atoms with Crippen molar-refractivity contribution in [3.8, 4) is 0 Å². The first-order valence-electron chi connectivity index (χ1n) is 9.87. The van der Waals surface area contributed by atoms with E-state index in [0.29, 0.717) is 29.0 Å². The smallest absolute Gasteiger partial charge is 0.338 e. The second-order valence-electron chi connectivity index (χ2n) is 6.82. The van der Waals surface area contributed by atoms with Gasteiger partial charge in [-0.2, -0.15) is 4.98 Å². The number of ether oxygens (including phenoxy) is 3. The summed E-state index contributed by atoms with van der Waals surface area (Å²) in [6.45, 7) is 4.35. The number of nitrogens with one attached hydrogen (secondary N) is 1. The molecule has 1 aliphatic heterocycles. The van der Waals surface area contributed by atoms with Crippen LogP contribution in [0.4, 0.5) is 5.95 Å². The Morgan fingerprint density at radius 3 is 2.58 bits per heavy atom. The minimum absolute atomic E-state index is 0.0914. The van der Waals surface area contributed by atoms with Gasteiger partial charge < -0.3 is 19.5 Å². The number of esters is 2. The zero-order chi connectivity index (χ0) is 22.4. The van der Waals surface area contributed by atoms with Gasteiger partial charge in [-0.15, -0.1) is 5.10 Å². The Kier molecular flexibility index (Phi) is 7.69. The topological polar surface area (TPSA) is 105 Å². The van der Waals surface area contributed by atoms with Crippen LogP contribution in [0.1, 0.15) is 31.0 Å². The van der Waals surface area contributed by atoms with Gasteiger partial charge in [0.25, 0.3) is 0 Å². The van der Waals surface area contributed by atoms with Gasteiger partial charge in [0, 0.05) is 12.8 Å². The molecule has 2 heterocycles. The zero-order valence-electron chi connectivity index (χ0n) is 18.0. The molecule has 166 valence electrons. The summed E-state index contributed by atoms with van der Waals surface area (Å²) < 4.78 is 16.7. The van der Waals surface area contributed by atoms with Gasteiger partial charge >= 0.3 is 11.9 Å². The van der Waals surface area contributed by atoms with Gasteiger partial charge in [0.05, 0.1) is 25.0 Å². The summed E-state index contributed by atoms with van der Waals surface area (Å²) in [7, 11) is 2.88. The van der Waals surface area contributed by atoms with E-state index in [1.807, 2.05) is 24.3 Å². The van der Waals surface area contributed by atoms with Gasteiger partial charge in [0.1, 0.15) is 12.6 Å². The van der Waals surface area contributed by atoms with E-state index in [1.54, 1.807) is 18.7 Å². The molecule has 0 fully saturated rings. The zero-order valence-corrected chi connectivity index (χ0v) is 18.8. The van der Waals surface area contributed by atoms with Crippen molar-refractivity contribution in [2.75, 3.05) is 38.5 Å². The number of nitrogens with zero attached hydrogens (tertiary/aromatic N) is 3. The maximum atomic E-state index is 13.0. The van der Waals surface area contributed by atoms with Crippen molar-refractivity contribution >= 4 is 29.6 Å². The third-order valence-electron chi connectivity index (χ3n) is 4.82. The minimum Gasteiger partial charge on any atom is -0.468 e. The molecule has 31 heavy (non-hydrogen) atoms. The van der Waals surface area contributed by atoms with E-state index in [9.17, 15) is 9.59 Å². The summed E-state index contributed by atoms with van der Waals surface area (Å²) in [5, 5.41) is 8.09. The normalized spacial score (nSPS) is 15.3. The monoisotopic (exact) mass is 446 g/mol. The second kappa shape index (κ2) is 10.5. The number of thioether (sulfide) groups is 1. The largest absolute Gasteiger partial charge is 0.468 e. The number of hydrogen-bond donors (Lipinski definition) is 1. The molecule has 0 unspecified atom stereocenters. The van der Waals surface area contributed by atoms with E-state index < -0.39 is 12.0 Å². The molecule has 1 aromatic carbocycles. The molecular weight excluding hydrogens is 420 g/mol. The molecule has 0 saturated heterocycles. The Balaban J connectivity index is 1.98. The molecule has 1 aliphatic rings. The van der Waals surface area contributed by atoms with Crippen LogP contribution in [-0.2, 0) is 30.2 Å². The van der Waals surface area contributed by atoms with Crippen LogP contribution in [0.2, 0.25) is 0 Å². The molecule has 0 radical (unpaired) electrons. The number of aromatic nitrogens is 3. The van der Waals surface area contributed by atoms with Gasteiger partial charge in [-0.1, -0.05) is 43.0 Å². The van der Waals surface area contributed by atoms with Crippen LogP contribution in [0.25, 0.3) is 0 Å². The fourth-order valence-corrected chi connectivity index (χ4v) is 3.84. The lowest BCUT2D eigenvalue weighted by Crippen LogP contribution is -2.30. The van der Waals surface area contributed by atoms with E-state index in [0.717, 1.165) is 12.0 Å². The molecule has 0 bridgehead atoms. The van der Waals surface area contributed by atoms with Crippen LogP contribution in [0.5, 0.6) is 0 Å². The van der Waals surface area contributed by atoms with E-state index >= 15 is 0 Å². The standard InChI is InChI=1S/C21H26N4O5S/c1-5-14-6-8-15(9-7-14)18-17(19(27)30-11-10-28-3)13(2)22-20-23-21(24-25(18)20)31-12-16(26)29-4/h6-9,18H,5,10-12H2,1-4H3,(H,22,23,24)/t18-/m1/s1. The lowest BCUT2D eigenvalue weighted by molar-refractivity contribution is -0.141. The first-order chi connectivity index (χ1) is 15.0. The van der Waals surface area contributed by atoms with Crippen molar-refractivity contribution in [3.05, 3.63) is 46.7 Å². The molecule has 1 aromatic heterocycles. The number of rotatable bonds is 9. The predicted molar refractivity (Wildman–Crippen MR) is 116 cm³/mol. The van der Waals surface area contributed by atoms with Crippen molar-refractivity contribution in [1.82, 2.24) is 14.8 Å². The fourth-order valence-electron chi connectivity index (χ4n) is 3.18. The summed E-state index contributed by atoms with van der Waals surface area (Å²) in [6.07, 6.45) is 0.913. The van der Waals surface area contributed by atoms with Gasteiger partial charge in [-0.3, -0.25) is 4.79 Å². The van der Waals surface area contributed by atoms with Crippen LogP contribution in [-0.4, -0.2) is 59.9 Å². The van der Waals surface area contributed by atoms with E-state index in [2.05, 4.69) is 27.1 Å². The average Bonchev–Trinajstić information content (AvgIpc) is 3.19. The lowest BCUT2D eigenvalue weighted by Gasteiger charge is -2.28. The van der Waals surface area contributed by atoms with Gasteiger partial charge in [-0.25, -0.2) is 9.48 Å². The van der Waals surface area contributed by atoms with Gasteiger partial charge in [0.2, 0.25) is 11.1 Å². The van der Waals surface area contributed by atoms with Crippen molar-refractivity contribution in [2.45, 2.75) is 31.5 Å². The van der Waals surface area contributed by atoms with Crippen molar-refractivity contribution in [1.29, 1.82) is 0 Å². The average molecular weight is 447 g/mol. The summed E-state index contributed by atoms with van der Waals surface area (Å²) in [6, 6.07) is 7.51. The Hall–Kier alpha value is -2.85. The van der Waals surface area contributed by atoms with Crippen molar-refractivity contribution in [3.63, 3.8) is 0 Å². The van der Waals surface area contributed by atoms with Gasteiger partial charge in [0.15, 0.2) is 0 Å². The second-order valence-corrected chi connectivity index (χ2v) is 7.76. The highest BCUT2D eigenvalue weighted by Gasteiger charge is 2.35. The third kappa shape index (κ3) is 5.26. The van der Waals surface area contributed by atoms with Crippen LogP contribution in [0.15, 0.2) is 40.7 Å². The summed E-state index contributed by atoms with van der Waals surface area (Å²) in [5.74, 6) is -0.234. The number of hydrogen-bond acceptors (Lipinski definition) is 9. The fraction of sp³-hybridized carbons (Fsp3) is 0.429. The highest BCUT2D eigenvalue weighted by atomic mass is 32.2. The van der Waals surface area contributed by atoms with Crippen LogP contribution >= 0.6 is 11.8 Å². The maximum absolute atomic E-state index is 13.0. The number of allylic oxidation sites excluding steroid dienone is 1. The number of fused-ring (bicyclic) bond motifs is 1. The SMILES string of the molecule is CCc1ccc([C@@H]2C(C(=O)OCCOC)=C(C)Nc3nc(SCC(=O)OC)nn32)cc1. The Morgan fingerprint density at radius 2 is 1.94 bits per heavy atom. The Morgan fingerprint density at radius 1 is 1.19 bits per heavy atom. The summed E-state index contributed by atoms with van der Waals surface area (Å²) in [5.41, 5.74) is 3.15. The van der Waals surface area contributed by atoms with Crippen LogP contribution in [0.3, 0.4) is 0 Å². The van der Waals surface area contributed by atoms with Gasteiger partial charge in [-0.05, 0) is 24.5 Å². The molecule has 10 heteroatoms. The molecule has 1 atom stereocenters. The Labute approximate surface area is 185 Å². The number of anilines is 1. The molecule has 0 aliphatic carbocycles. The number of aryl methyl sites for hydroxylation is 1. The predicted octanol–water partition coefficient (Wildman–Crippen LogP) is 2.58. The maximum Gasteiger partial charge on any atom is 0.338 e. The van der Waals surface area contributed by atoms with Crippen molar-refractivity contribution < 1.29 is 23.8 Å². The quantitative estimate of drug-likeness (QED) is 0.353. The van der Waals surface area contributed by atoms with Crippen LogP contribution < -0.4 is 5.32 Å². The van der Waals surface area contributed by atoms with E-state index in [4.69, 9.17) is 9.47 Å². The highest BCUT2D eigenvalue weighted by molar-refractivity contribution is 7.99. The van der Waals surface area contributed by atoms with E-state index in [1.165, 1.54) is 24.4 Å². The molecule has 1 N–H and O–H groups in total. The summed E-state index contributed by atoms with van der Waals surface area (Å²) >= 11 is 1.17. The molecule has 2 aromatic rings. The molecule has 0 amide bonds. The number of carbonyl (C=O) groups is 2. The Bertz CT molecular complexity index is 971. The molecule has 0 spiro atoms.